The van der Waals surface area contributed by atoms with Crippen molar-refractivity contribution in [1.29, 1.82) is 0 Å². The summed E-state index contributed by atoms with van der Waals surface area (Å²) in [6.07, 6.45) is 1.34. The largest absolute Gasteiger partial charge is 0.378 e. The highest BCUT2D eigenvalue weighted by molar-refractivity contribution is 9.10. The Morgan fingerprint density at radius 3 is 2.67 bits per heavy atom. The van der Waals surface area contributed by atoms with E-state index < -0.39 is 0 Å². The number of benzene rings is 1. The lowest BCUT2D eigenvalue weighted by atomic mass is 10.1. The van der Waals surface area contributed by atoms with Crippen LogP contribution in [0.3, 0.4) is 0 Å². The molecule has 5 heteroatoms. The molecule has 0 saturated carbocycles. The summed E-state index contributed by atoms with van der Waals surface area (Å²) in [6, 6.07) is 7.10. The number of nitrogens with one attached hydrogen (secondary N) is 2. The quantitative estimate of drug-likeness (QED) is 0.645. The van der Waals surface area contributed by atoms with Crippen molar-refractivity contribution in [3.8, 4) is 0 Å². The fraction of sp³-hybridized carbons (Fsp3) is 0.231. The van der Waals surface area contributed by atoms with Crippen LogP contribution in [0.5, 0.6) is 0 Å². The molecule has 1 fully saturated rings. The summed E-state index contributed by atoms with van der Waals surface area (Å²) >= 11 is 3.31. The summed E-state index contributed by atoms with van der Waals surface area (Å²) in [6.45, 7) is 2.53. The lowest BCUT2D eigenvalue weighted by molar-refractivity contribution is -0.119. The van der Waals surface area contributed by atoms with E-state index in [4.69, 9.17) is 0 Å². The lowest BCUT2D eigenvalue weighted by Crippen LogP contribution is -2.49. The number of halogens is 1. The van der Waals surface area contributed by atoms with Gasteiger partial charge in [0.15, 0.2) is 5.78 Å². The second-order valence-corrected chi connectivity index (χ2v) is 5.10. The number of hydrogen-bond donors (Lipinski definition) is 2. The van der Waals surface area contributed by atoms with Gasteiger partial charge in [0.05, 0.1) is 0 Å². The van der Waals surface area contributed by atoms with Crippen LogP contribution in [0.2, 0.25) is 0 Å². The third-order valence-corrected chi connectivity index (χ3v) is 3.15. The van der Waals surface area contributed by atoms with Gasteiger partial charge in [0.2, 0.25) is 0 Å². The molecule has 1 aliphatic heterocycles. The molecule has 1 aliphatic rings. The van der Waals surface area contributed by atoms with Crippen molar-refractivity contribution in [1.82, 2.24) is 10.6 Å². The second kappa shape index (κ2) is 5.35. The number of piperazine rings is 1. The molecule has 2 N–H and O–H groups in total. The second-order valence-electron chi connectivity index (χ2n) is 4.18. The standard InChI is InChI=1S/C13H13BrN2O2/c1-8-7-15-11(13(18)16-8)6-12(17)9-2-4-10(14)5-3-9/h2-6,8,15H,7H2,1H3,(H,16,18)/t8-/m1/s1. The molecule has 1 saturated heterocycles. The van der Waals surface area contributed by atoms with Gasteiger partial charge in [-0.15, -0.1) is 0 Å². The minimum Gasteiger partial charge on any atom is -0.378 e. The molecular weight excluding hydrogens is 296 g/mol. The van der Waals surface area contributed by atoms with E-state index in [9.17, 15) is 9.59 Å². The number of allylic oxidation sites excluding steroid dienone is 1. The maximum Gasteiger partial charge on any atom is 0.267 e. The van der Waals surface area contributed by atoms with Crippen LogP contribution in [0.15, 0.2) is 40.5 Å². The Kier molecular flexibility index (Phi) is 3.81. The van der Waals surface area contributed by atoms with Gasteiger partial charge in [-0.05, 0) is 31.2 Å². The zero-order valence-corrected chi connectivity index (χ0v) is 11.5. The lowest BCUT2D eigenvalue weighted by Gasteiger charge is -2.23. The van der Waals surface area contributed by atoms with Crippen molar-refractivity contribution in [2.24, 2.45) is 0 Å². The number of ketones is 1. The van der Waals surface area contributed by atoms with Gasteiger partial charge in [-0.25, -0.2) is 0 Å². The maximum atomic E-state index is 11.9. The minimum absolute atomic E-state index is 0.0810. The molecule has 18 heavy (non-hydrogen) atoms. The SMILES string of the molecule is C[C@@H]1CNC(=CC(=O)c2ccc(Br)cc2)C(=O)N1. The number of amides is 1. The first-order valence-electron chi connectivity index (χ1n) is 5.62. The van der Waals surface area contributed by atoms with E-state index in [1.54, 1.807) is 24.3 Å². The third kappa shape index (κ3) is 2.98. The van der Waals surface area contributed by atoms with Gasteiger partial charge in [-0.3, -0.25) is 9.59 Å². The maximum absolute atomic E-state index is 11.9. The van der Waals surface area contributed by atoms with Gasteiger partial charge >= 0.3 is 0 Å². The summed E-state index contributed by atoms with van der Waals surface area (Å²) in [7, 11) is 0. The van der Waals surface area contributed by atoms with Crippen molar-refractivity contribution >= 4 is 27.6 Å². The number of carbonyl (C=O) groups is 2. The highest BCUT2D eigenvalue weighted by Gasteiger charge is 2.19. The monoisotopic (exact) mass is 308 g/mol. The fourth-order valence-corrected chi connectivity index (χ4v) is 1.91. The Bertz CT molecular complexity index is 508. The Morgan fingerprint density at radius 2 is 2.06 bits per heavy atom. The molecule has 0 aromatic heterocycles. The predicted octanol–water partition coefficient (Wildman–Crippen LogP) is 1.62. The van der Waals surface area contributed by atoms with Crippen LogP contribution in [-0.4, -0.2) is 24.3 Å². The molecule has 0 aliphatic carbocycles. The molecule has 0 unspecified atom stereocenters. The first kappa shape index (κ1) is 12.8. The third-order valence-electron chi connectivity index (χ3n) is 2.62. The Morgan fingerprint density at radius 1 is 1.39 bits per heavy atom. The van der Waals surface area contributed by atoms with E-state index in [1.165, 1.54) is 6.08 Å². The van der Waals surface area contributed by atoms with Gasteiger partial charge < -0.3 is 10.6 Å². The van der Waals surface area contributed by atoms with Gasteiger partial charge in [0.25, 0.3) is 5.91 Å². The van der Waals surface area contributed by atoms with Crippen LogP contribution in [0.25, 0.3) is 0 Å². The molecule has 1 amide bonds. The van der Waals surface area contributed by atoms with E-state index in [0.717, 1.165) is 4.47 Å². The van der Waals surface area contributed by atoms with Crippen molar-refractivity contribution in [2.75, 3.05) is 6.54 Å². The van der Waals surface area contributed by atoms with E-state index >= 15 is 0 Å². The fourth-order valence-electron chi connectivity index (χ4n) is 1.64. The minimum atomic E-state index is -0.237. The molecule has 0 bridgehead atoms. The topological polar surface area (TPSA) is 58.2 Å². The predicted molar refractivity (Wildman–Crippen MR) is 72.2 cm³/mol. The van der Waals surface area contributed by atoms with Crippen LogP contribution < -0.4 is 10.6 Å². The zero-order chi connectivity index (χ0) is 13.1. The summed E-state index contributed by atoms with van der Waals surface area (Å²) < 4.78 is 0.911. The smallest absolute Gasteiger partial charge is 0.267 e. The van der Waals surface area contributed by atoms with Crippen LogP contribution in [-0.2, 0) is 4.79 Å². The van der Waals surface area contributed by atoms with Gasteiger partial charge in [0.1, 0.15) is 5.70 Å². The molecule has 0 radical (unpaired) electrons. The molecular formula is C13H13BrN2O2. The highest BCUT2D eigenvalue weighted by Crippen LogP contribution is 2.12. The van der Waals surface area contributed by atoms with Crippen LogP contribution in [0, 0.1) is 0 Å². The van der Waals surface area contributed by atoms with E-state index in [-0.39, 0.29) is 17.7 Å². The van der Waals surface area contributed by atoms with Gasteiger partial charge in [0, 0.05) is 28.7 Å². The van der Waals surface area contributed by atoms with E-state index in [0.29, 0.717) is 17.8 Å². The summed E-state index contributed by atoms with van der Waals surface area (Å²) in [5, 5.41) is 5.72. The van der Waals surface area contributed by atoms with E-state index in [1.807, 2.05) is 6.92 Å². The molecule has 4 nitrogen and oxygen atoms in total. The van der Waals surface area contributed by atoms with Crippen molar-refractivity contribution in [2.45, 2.75) is 13.0 Å². The van der Waals surface area contributed by atoms with E-state index in [2.05, 4.69) is 26.6 Å². The van der Waals surface area contributed by atoms with Crippen LogP contribution in [0.4, 0.5) is 0 Å². The Balaban J connectivity index is 2.15. The van der Waals surface area contributed by atoms with Gasteiger partial charge in [-0.2, -0.15) is 0 Å². The molecule has 1 atom stereocenters. The highest BCUT2D eigenvalue weighted by atomic mass is 79.9. The first-order valence-corrected chi connectivity index (χ1v) is 6.42. The summed E-state index contributed by atoms with van der Waals surface area (Å²) in [5.74, 6) is -0.422. The average Bonchev–Trinajstić information content (AvgIpc) is 2.33. The van der Waals surface area contributed by atoms with Gasteiger partial charge in [-0.1, -0.05) is 15.9 Å². The molecule has 1 aromatic carbocycles. The molecule has 94 valence electrons. The summed E-state index contributed by atoms with van der Waals surface area (Å²) in [5.41, 5.74) is 0.875. The molecule has 1 aromatic rings. The Labute approximate surface area is 114 Å². The zero-order valence-electron chi connectivity index (χ0n) is 9.87. The number of hydrogen-bond acceptors (Lipinski definition) is 3. The normalized spacial score (nSPS) is 21.3. The number of carbonyl (C=O) groups excluding carboxylic acids is 2. The molecule has 1 heterocycles. The van der Waals surface area contributed by atoms with Crippen molar-refractivity contribution < 1.29 is 9.59 Å². The number of rotatable bonds is 2. The average molecular weight is 309 g/mol. The summed E-state index contributed by atoms with van der Waals surface area (Å²) in [4.78, 5) is 23.6. The molecule has 0 spiro atoms. The van der Waals surface area contributed by atoms with Crippen molar-refractivity contribution in [3.63, 3.8) is 0 Å². The molecule has 2 rings (SSSR count). The van der Waals surface area contributed by atoms with Crippen LogP contribution >= 0.6 is 15.9 Å². The van der Waals surface area contributed by atoms with Crippen LogP contribution in [0.1, 0.15) is 17.3 Å². The first-order chi connectivity index (χ1) is 8.56. The van der Waals surface area contributed by atoms with Crippen molar-refractivity contribution in [3.05, 3.63) is 46.1 Å². The Hall–Kier alpha value is -1.62.